The number of likely N-dealkylation sites (tertiary alicyclic amines) is 1. The molecule has 0 spiro atoms. The van der Waals surface area contributed by atoms with E-state index in [0.717, 1.165) is 32.4 Å². The summed E-state index contributed by atoms with van der Waals surface area (Å²) in [6.07, 6.45) is 6.27. The number of carboxylic acids is 1. The van der Waals surface area contributed by atoms with Crippen molar-refractivity contribution in [3.8, 4) is 0 Å². The van der Waals surface area contributed by atoms with E-state index in [1.54, 1.807) is 7.05 Å². The fourth-order valence-corrected chi connectivity index (χ4v) is 3.64. The number of rotatable bonds is 4. The van der Waals surface area contributed by atoms with Gasteiger partial charge >= 0.3 is 5.97 Å². The highest BCUT2D eigenvalue weighted by Crippen LogP contribution is 2.39. The van der Waals surface area contributed by atoms with Crippen molar-refractivity contribution in [2.45, 2.75) is 64.0 Å². The minimum absolute atomic E-state index is 0.449. The Balaban J connectivity index is 1.94. The molecule has 0 aromatic rings. The van der Waals surface area contributed by atoms with Crippen LogP contribution in [0, 0.1) is 5.41 Å². The van der Waals surface area contributed by atoms with Crippen molar-refractivity contribution in [2.75, 3.05) is 20.1 Å². The molecule has 1 heterocycles. The van der Waals surface area contributed by atoms with Gasteiger partial charge in [0.15, 0.2) is 0 Å². The van der Waals surface area contributed by atoms with Gasteiger partial charge in [0.05, 0.1) is 0 Å². The molecule has 2 aliphatic rings. The first-order valence-electron chi connectivity index (χ1n) is 7.61. The average Bonchev–Trinajstić information content (AvgIpc) is 2.85. The number of likely N-dealkylation sites (N-methyl/N-ethyl adjacent to an activating group) is 1. The first-order chi connectivity index (χ1) is 8.95. The Kier molecular flexibility index (Phi) is 4.21. The molecule has 4 heteroatoms. The van der Waals surface area contributed by atoms with Gasteiger partial charge in [-0.15, -0.1) is 0 Å². The molecule has 1 aliphatic heterocycles. The van der Waals surface area contributed by atoms with Crippen molar-refractivity contribution < 1.29 is 9.90 Å². The fourth-order valence-electron chi connectivity index (χ4n) is 3.64. The molecular weight excluding hydrogens is 240 g/mol. The first-order valence-corrected chi connectivity index (χ1v) is 7.61. The quantitative estimate of drug-likeness (QED) is 0.820. The number of nitrogens with one attached hydrogen (secondary N) is 1. The Bertz CT molecular complexity index is 337. The van der Waals surface area contributed by atoms with Gasteiger partial charge < -0.3 is 15.3 Å². The highest BCUT2D eigenvalue weighted by Gasteiger charge is 2.46. The van der Waals surface area contributed by atoms with E-state index in [4.69, 9.17) is 0 Å². The zero-order chi connectivity index (χ0) is 14.1. The molecular formula is C15H28N2O2. The SMILES string of the molecule is CCC1(C)CCN(C2CCC(NC)(C(=O)O)C2)CC1. The summed E-state index contributed by atoms with van der Waals surface area (Å²) >= 11 is 0. The van der Waals surface area contributed by atoms with Crippen LogP contribution in [0.15, 0.2) is 0 Å². The second-order valence-electron chi connectivity index (χ2n) is 6.73. The number of carbonyl (C=O) groups is 1. The monoisotopic (exact) mass is 268 g/mol. The lowest BCUT2D eigenvalue weighted by Crippen LogP contribution is -2.50. The number of aliphatic carboxylic acids is 1. The van der Waals surface area contributed by atoms with Gasteiger partial charge in [-0.1, -0.05) is 20.3 Å². The predicted molar refractivity (Wildman–Crippen MR) is 76.3 cm³/mol. The van der Waals surface area contributed by atoms with Crippen LogP contribution in [-0.4, -0.2) is 47.7 Å². The van der Waals surface area contributed by atoms with Gasteiger partial charge in [-0.3, -0.25) is 4.79 Å². The van der Waals surface area contributed by atoms with E-state index < -0.39 is 11.5 Å². The lowest BCUT2D eigenvalue weighted by atomic mass is 9.78. The summed E-state index contributed by atoms with van der Waals surface area (Å²) in [5, 5.41) is 12.5. The van der Waals surface area contributed by atoms with Gasteiger partial charge in [0.1, 0.15) is 5.54 Å². The molecule has 19 heavy (non-hydrogen) atoms. The Morgan fingerprint density at radius 1 is 1.37 bits per heavy atom. The van der Waals surface area contributed by atoms with Crippen LogP contribution in [0.4, 0.5) is 0 Å². The summed E-state index contributed by atoms with van der Waals surface area (Å²) in [5.41, 5.74) is -0.182. The molecule has 2 atom stereocenters. The van der Waals surface area contributed by atoms with Crippen LogP contribution < -0.4 is 5.32 Å². The maximum Gasteiger partial charge on any atom is 0.323 e. The second kappa shape index (κ2) is 5.41. The lowest BCUT2D eigenvalue weighted by molar-refractivity contribution is -0.144. The van der Waals surface area contributed by atoms with Gasteiger partial charge in [-0.2, -0.15) is 0 Å². The molecule has 2 N–H and O–H groups in total. The number of carboxylic acid groups (broad SMARTS) is 1. The molecule has 1 saturated carbocycles. The number of piperidine rings is 1. The Labute approximate surface area is 116 Å². The van der Waals surface area contributed by atoms with Crippen molar-refractivity contribution in [1.82, 2.24) is 10.2 Å². The molecule has 2 unspecified atom stereocenters. The molecule has 0 bridgehead atoms. The van der Waals surface area contributed by atoms with Crippen LogP contribution in [0.3, 0.4) is 0 Å². The van der Waals surface area contributed by atoms with E-state index >= 15 is 0 Å². The second-order valence-corrected chi connectivity index (χ2v) is 6.73. The molecule has 0 aromatic heterocycles. The van der Waals surface area contributed by atoms with Crippen LogP contribution in [-0.2, 0) is 4.79 Å². The van der Waals surface area contributed by atoms with Gasteiger partial charge in [-0.25, -0.2) is 0 Å². The third-order valence-corrected chi connectivity index (χ3v) is 5.75. The predicted octanol–water partition coefficient (Wildman–Crippen LogP) is 2.09. The third-order valence-electron chi connectivity index (χ3n) is 5.75. The van der Waals surface area contributed by atoms with E-state index in [2.05, 4.69) is 24.1 Å². The van der Waals surface area contributed by atoms with Gasteiger partial charge in [-0.05, 0) is 57.7 Å². The molecule has 0 radical (unpaired) electrons. The summed E-state index contributed by atoms with van der Waals surface area (Å²) in [4.78, 5) is 14.0. The van der Waals surface area contributed by atoms with Crippen molar-refractivity contribution in [2.24, 2.45) is 5.41 Å². The van der Waals surface area contributed by atoms with E-state index in [0.29, 0.717) is 11.5 Å². The maximum atomic E-state index is 11.5. The van der Waals surface area contributed by atoms with Crippen LogP contribution >= 0.6 is 0 Å². The van der Waals surface area contributed by atoms with E-state index in [1.165, 1.54) is 19.3 Å². The zero-order valence-electron chi connectivity index (χ0n) is 12.5. The van der Waals surface area contributed by atoms with Gasteiger partial charge in [0.2, 0.25) is 0 Å². The summed E-state index contributed by atoms with van der Waals surface area (Å²) in [6, 6.07) is 0.449. The molecule has 0 aromatic carbocycles. The highest BCUT2D eigenvalue weighted by atomic mass is 16.4. The Hall–Kier alpha value is -0.610. The molecule has 2 rings (SSSR count). The van der Waals surface area contributed by atoms with Crippen LogP contribution in [0.5, 0.6) is 0 Å². The van der Waals surface area contributed by atoms with Crippen molar-refractivity contribution >= 4 is 5.97 Å². The molecule has 110 valence electrons. The van der Waals surface area contributed by atoms with Crippen molar-refractivity contribution in [3.63, 3.8) is 0 Å². The van der Waals surface area contributed by atoms with Gasteiger partial charge in [0.25, 0.3) is 0 Å². The Morgan fingerprint density at radius 2 is 2.00 bits per heavy atom. The molecule has 4 nitrogen and oxygen atoms in total. The molecule has 2 fully saturated rings. The molecule has 0 amide bonds. The smallest absolute Gasteiger partial charge is 0.323 e. The van der Waals surface area contributed by atoms with Crippen LogP contribution in [0.2, 0.25) is 0 Å². The average molecular weight is 268 g/mol. The minimum atomic E-state index is -0.687. The van der Waals surface area contributed by atoms with Crippen molar-refractivity contribution in [3.05, 3.63) is 0 Å². The maximum absolute atomic E-state index is 11.5. The molecule has 1 saturated heterocycles. The number of nitrogens with zero attached hydrogens (tertiary/aromatic N) is 1. The lowest BCUT2D eigenvalue weighted by Gasteiger charge is -2.41. The highest BCUT2D eigenvalue weighted by molar-refractivity contribution is 5.79. The van der Waals surface area contributed by atoms with E-state index in [-0.39, 0.29) is 0 Å². The van der Waals surface area contributed by atoms with Crippen LogP contribution in [0.25, 0.3) is 0 Å². The Morgan fingerprint density at radius 3 is 2.42 bits per heavy atom. The van der Waals surface area contributed by atoms with Gasteiger partial charge in [0, 0.05) is 6.04 Å². The largest absolute Gasteiger partial charge is 0.480 e. The number of hydrogen-bond donors (Lipinski definition) is 2. The van der Waals surface area contributed by atoms with Crippen LogP contribution in [0.1, 0.15) is 52.4 Å². The van der Waals surface area contributed by atoms with E-state index in [1.807, 2.05) is 0 Å². The normalized spacial score (nSPS) is 35.4. The summed E-state index contributed by atoms with van der Waals surface area (Å²) in [6.45, 7) is 6.93. The molecule has 1 aliphatic carbocycles. The summed E-state index contributed by atoms with van der Waals surface area (Å²) < 4.78 is 0. The summed E-state index contributed by atoms with van der Waals surface area (Å²) in [7, 11) is 1.78. The zero-order valence-corrected chi connectivity index (χ0v) is 12.5. The summed E-state index contributed by atoms with van der Waals surface area (Å²) in [5.74, 6) is -0.687. The topological polar surface area (TPSA) is 52.6 Å². The van der Waals surface area contributed by atoms with Crippen molar-refractivity contribution in [1.29, 1.82) is 0 Å². The fraction of sp³-hybridized carbons (Fsp3) is 0.933. The number of hydrogen-bond acceptors (Lipinski definition) is 3. The van der Waals surface area contributed by atoms with E-state index in [9.17, 15) is 9.90 Å². The minimum Gasteiger partial charge on any atom is -0.480 e. The first kappa shape index (κ1) is 14.8. The third kappa shape index (κ3) is 2.79. The standard InChI is InChI=1S/C15H28N2O2/c1-4-14(2)7-9-17(10-8-14)12-5-6-15(11-12,16-3)13(18)19/h12,16H,4-11H2,1-3H3,(H,18,19).